The zero-order chi connectivity index (χ0) is 14.7. The first-order chi connectivity index (χ1) is 9.52. The zero-order valence-corrected chi connectivity index (χ0v) is 13.0. The van der Waals surface area contributed by atoms with Gasteiger partial charge < -0.3 is 0 Å². The number of aryl methyl sites for hydroxylation is 2. The van der Waals surface area contributed by atoms with Crippen molar-refractivity contribution in [1.29, 1.82) is 0 Å². The second-order valence-electron chi connectivity index (χ2n) is 4.85. The number of nitrogens with zero attached hydrogens (tertiary/aromatic N) is 1. The van der Waals surface area contributed by atoms with Crippen LogP contribution >= 0.6 is 23.2 Å². The molecule has 1 atom stereocenters. The molecule has 0 saturated heterocycles. The smallest absolute Gasteiger partial charge is 0.0675 e. The molecule has 2 rings (SSSR count). The van der Waals surface area contributed by atoms with Crippen molar-refractivity contribution >= 4 is 23.2 Å². The Morgan fingerprint density at radius 3 is 2.70 bits per heavy atom. The summed E-state index contributed by atoms with van der Waals surface area (Å²) in [4.78, 5) is 4.48. The molecular weight excluding hydrogens is 293 g/mol. The maximum Gasteiger partial charge on any atom is 0.0675 e. The molecule has 0 aliphatic rings. The first-order valence-electron chi connectivity index (χ1n) is 6.35. The summed E-state index contributed by atoms with van der Waals surface area (Å²) in [5.74, 6) is 5.68. The first-order valence-corrected chi connectivity index (χ1v) is 7.10. The second kappa shape index (κ2) is 6.55. The lowest BCUT2D eigenvalue weighted by atomic mass is 10.00. The Morgan fingerprint density at radius 1 is 1.30 bits per heavy atom. The molecule has 0 fully saturated rings. The van der Waals surface area contributed by atoms with Gasteiger partial charge in [0.2, 0.25) is 0 Å². The van der Waals surface area contributed by atoms with Crippen LogP contribution in [-0.2, 0) is 6.42 Å². The number of hydrazine groups is 1. The van der Waals surface area contributed by atoms with Crippen LogP contribution in [0.15, 0.2) is 30.5 Å². The van der Waals surface area contributed by atoms with E-state index >= 15 is 0 Å². The number of aromatic nitrogens is 1. The van der Waals surface area contributed by atoms with Crippen LogP contribution in [0.25, 0.3) is 0 Å². The van der Waals surface area contributed by atoms with Gasteiger partial charge in [0.05, 0.1) is 21.8 Å². The van der Waals surface area contributed by atoms with Gasteiger partial charge in [0.15, 0.2) is 0 Å². The molecule has 0 radical (unpaired) electrons. The maximum atomic E-state index is 6.23. The highest BCUT2D eigenvalue weighted by molar-refractivity contribution is 6.42. The number of nitrogens with two attached hydrogens (primary N) is 1. The van der Waals surface area contributed by atoms with E-state index in [9.17, 15) is 0 Å². The Morgan fingerprint density at radius 2 is 2.05 bits per heavy atom. The van der Waals surface area contributed by atoms with Crippen LogP contribution in [0.2, 0.25) is 10.0 Å². The minimum absolute atomic E-state index is 0.105. The molecule has 1 unspecified atom stereocenters. The average Bonchev–Trinajstić information content (AvgIpc) is 2.41. The monoisotopic (exact) mass is 309 g/mol. The summed E-state index contributed by atoms with van der Waals surface area (Å²) in [6, 6.07) is 7.58. The number of halogens is 2. The Balaban J connectivity index is 2.31. The standard InChI is InChI=1S/C15H17Cl2N3/c1-9-6-10(2)15(19-8-9)13(20-18)7-11-4-3-5-12(16)14(11)17/h3-6,8,13,20H,7,18H2,1-2H3. The lowest BCUT2D eigenvalue weighted by Crippen LogP contribution is -2.31. The third kappa shape index (κ3) is 3.30. The first kappa shape index (κ1) is 15.3. The van der Waals surface area contributed by atoms with Crippen molar-refractivity contribution in [3.63, 3.8) is 0 Å². The van der Waals surface area contributed by atoms with Crippen molar-refractivity contribution < 1.29 is 0 Å². The van der Waals surface area contributed by atoms with Gasteiger partial charge in [-0.2, -0.15) is 0 Å². The minimum Gasteiger partial charge on any atom is -0.271 e. The molecule has 2 aromatic rings. The van der Waals surface area contributed by atoms with E-state index in [4.69, 9.17) is 29.0 Å². The summed E-state index contributed by atoms with van der Waals surface area (Å²) in [5.41, 5.74) is 6.91. The number of rotatable bonds is 4. The predicted molar refractivity (Wildman–Crippen MR) is 83.9 cm³/mol. The van der Waals surface area contributed by atoms with E-state index in [1.807, 2.05) is 32.2 Å². The molecule has 1 heterocycles. The van der Waals surface area contributed by atoms with Gasteiger partial charge in [0.25, 0.3) is 0 Å². The molecule has 0 amide bonds. The lowest BCUT2D eigenvalue weighted by Gasteiger charge is -2.18. The molecule has 106 valence electrons. The molecular formula is C15H17Cl2N3. The number of nitrogens with one attached hydrogen (secondary N) is 1. The van der Waals surface area contributed by atoms with Gasteiger partial charge in [-0.25, -0.2) is 0 Å². The number of hydrogen-bond donors (Lipinski definition) is 2. The Bertz CT molecular complexity index is 614. The van der Waals surface area contributed by atoms with Crippen LogP contribution in [0.1, 0.15) is 28.4 Å². The number of pyridine rings is 1. The van der Waals surface area contributed by atoms with Gasteiger partial charge in [-0.3, -0.25) is 16.3 Å². The second-order valence-corrected chi connectivity index (χ2v) is 5.64. The Kier molecular flexibility index (Phi) is 5.00. The average molecular weight is 310 g/mol. The fraction of sp³-hybridized carbons (Fsp3) is 0.267. The van der Waals surface area contributed by atoms with Crippen LogP contribution in [0.3, 0.4) is 0 Å². The Labute approximate surface area is 129 Å². The molecule has 0 aliphatic heterocycles. The summed E-state index contributed by atoms with van der Waals surface area (Å²) in [6.07, 6.45) is 2.47. The summed E-state index contributed by atoms with van der Waals surface area (Å²) in [6.45, 7) is 4.04. The molecule has 1 aromatic heterocycles. The molecule has 0 aliphatic carbocycles. The summed E-state index contributed by atoms with van der Waals surface area (Å²) in [7, 11) is 0. The van der Waals surface area contributed by atoms with Crippen LogP contribution in [0.4, 0.5) is 0 Å². The van der Waals surface area contributed by atoms with Gasteiger partial charge in [-0.05, 0) is 43.0 Å². The van der Waals surface area contributed by atoms with Crippen LogP contribution in [0.5, 0.6) is 0 Å². The number of hydrogen-bond acceptors (Lipinski definition) is 3. The normalized spacial score (nSPS) is 12.4. The van der Waals surface area contributed by atoms with Crippen molar-refractivity contribution in [3.05, 3.63) is 62.9 Å². The number of benzene rings is 1. The lowest BCUT2D eigenvalue weighted by molar-refractivity contribution is 0.535. The van der Waals surface area contributed by atoms with Crippen LogP contribution in [-0.4, -0.2) is 4.98 Å². The quantitative estimate of drug-likeness (QED) is 0.668. The summed E-state index contributed by atoms with van der Waals surface area (Å²) < 4.78 is 0. The van der Waals surface area contributed by atoms with Crippen molar-refractivity contribution in [2.24, 2.45) is 5.84 Å². The fourth-order valence-corrected chi connectivity index (χ4v) is 2.65. The van der Waals surface area contributed by atoms with Gasteiger partial charge in [0, 0.05) is 6.20 Å². The molecule has 1 aromatic carbocycles. The maximum absolute atomic E-state index is 6.23. The molecule has 0 bridgehead atoms. The molecule has 0 saturated carbocycles. The third-order valence-corrected chi connectivity index (χ3v) is 4.10. The van der Waals surface area contributed by atoms with E-state index in [0.29, 0.717) is 16.5 Å². The largest absolute Gasteiger partial charge is 0.271 e. The van der Waals surface area contributed by atoms with Gasteiger partial charge >= 0.3 is 0 Å². The van der Waals surface area contributed by atoms with Crippen LogP contribution < -0.4 is 11.3 Å². The highest BCUT2D eigenvalue weighted by atomic mass is 35.5. The fourth-order valence-electron chi connectivity index (χ4n) is 2.25. The topological polar surface area (TPSA) is 50.9 Å². The summed E-state index contributed by atoms with van der Waals surface area (Å²) in [5, 5.41) is 1.12. The third-order valence-electron chi connectivity index (χ3n) is 3.24. The minimum atomic E-state index is -0.105. The van der Waals surface area contributed by atoms with Crippen molar-refractivity contribution in [2.75, 3.05) is 0 Å². The molecule has 0 spiro atoms. The molecule has 3 N–H and O–H groups in total. The van der Waals surface area contributed by atoms with Crippen molar-refractivity contribution in [1.82, 2.24) is 10.4 Å². The van der Waals surface area contributed by atoms with Crippen LogP contribution in [0, 0.1) is 13.8 Å². The highest BCUT2D eigenvalue weighted by Crippen LogP contribution is 2.29. The SMILES string of the molecule is Cc1cnc(C(Cc2cccc(Cl)c2Cl)NN)c(C)c1. The van der Waals surface area contributed by atoms with E-state index in [1.54, 1.807) is 6.07 Å². The Hall–Kier alpha value is -1.13. The van der Waals surface area contributed by atoms with Crippen molar-refractivity contribution in [2.45, 2.75) is 26.3 Å². The zero-order valence-electron chi connectivity index (χ0n) is 11.5. The van der Waals surface area contributed by atoms with Gasteiger partial charge in [0.1, 0.15) is 0 Å². The molecule has 20 heavy (non-hydrogen) atoms. The van der Waals surface area contributed by atoms with E-state index in [-0.39, 0.29) is 6.04 Å². The van der Waals surface area contributed by atoms with Gasteiger partial charge in [-0.15, -0.1) is 0 Å². The van der Waals surface area contributed by atoms with E-state index in [2.05, 4.69) is 16.5 Å². The molecule has 5 heteroatoms. The van der Waals surface area contributed by atoms with E-state index in [0.717, 1.165) is 22.4 Å². The van der Waals surface area contributed by atoms with Gasteiger partial charge in [-0.1, -0.05) is 41.4 Å². The summed E-state index contributed by atoms with van der Waals surface area (Å²) >= 11 is 12.3. The van der Waals surface area contributed by atoms with E-state index in [1.165, 1.54) is 0 Å². The van der Waals surface area contributed by atoms with E-state index < -0.39 is 0 Å². The van der Waals surface area contributed by atoms with Crippen molar-refractivity contribution in [3.8, 4) is 0 Å². The highest BCUT2D eigenvalue weighted by Gasteiger charge is 2.17. The predicted octanol–water partition coefficient (Wildman–Crippen LogP) is 3.75. The molecule has 3 nitrogen and oxygen atoms in total.